The highest BCUT2D eigenvalue weighted by Gasteiger charge is 2.22. The third-order valence-electron chi connectivity index (χ3n) is 5.07. The Morgan fingerprint density at radius 3 is 2.73 bits per heavy atom. The molecule has 7 heteroatoms. The van der Waals surface area contributed by atoms with Crippen LogP contribution in [0.25, 0.3) is 0 Å². The monoisotopic (exact) mass is 429 g/mol. The van der Waals surface area contributed by atoms with Crippen molar-refractivity contribution in [3.05, 3.63) is 59.2 Å². The fourth-order valence-electron chi connectivity index (χ4n) is 3.58. The van der Waals surface area contributed by atoms with Gasteiger partial charge in [0.15, 0.2) is 0 Å². The molecule has 30 heavy (non-hydrogen) atoms. The number of carbonyl (C=O) groups excluding carboxylic acids is 2. The van der Waals surface area contributed by atoms with Crippen molar-refractivity contribution in [2.45, 2.75) is 26.3 Å². The molecule has 0 fully saturated rings. The normalized spacial score (nSPS) is 12.9. The van der Waals surface area contributed by atoms with Crippen molar-refractivity contribution in [3.63, 3.8) is 0 Å². The number of carbonyl (C=O) groups is 2. The highest BCUT2D eigenvalue weighted by atomic mass is 35.5. The lowest BCUT2D eigenvalue weighted by Gasteiger charge is -2.32. The molecule has 0 aliphatic carbocycles. The zero-order valence-corrected chi connectivity index (χ0v) is 18.0. The standard InChI is InChI=1S/C23H28ClN3O3/c1-2-30-13-5-11-25-23(29)20-14-19(26-22(28)15-24)8-9-21(20)27-12-10-17-6-3-4-7-18(17)16-27/h3-4,6-9,14H,2,5,10-13,15-16H2,1H3,(H,25,29)(H,26,28). The molecule has 0 unspecified atom stereocenters. The Hall–Kier alpha value is -2.57. The zero-order valence-electron chi connectivity index (χ0n) is 17.2. The van der Waals surface area contributed by atoms with E-state index in [0.717, 1.165) is 31.6 Å². The highest BCUT2D eigenvalue weighted by Crippen LogP contribution is 2.29. The van der Waals surface area contributed by atoms with Gasteiger partial charge in [-0.2, -0.15) is 0 Å². The molecule has 0 bridgehead atoms. The SMILES string of the molecule is CCOCCCNC(=O)c1cc(NC(=O)CCl)ccc1N1CCc2ccccc2C1. The number of hydrogen-bond donors (Lipinski definition) is 2. The summed E-state index contributed by atoms with van der Waals surface area (Å²) < 4.78 is 5.33. The van der Waals surface area contributed by atoms with Crippen LogP contribution < -0.4 is 15.5 Å². The smallest absolute Gasteiger partial charge is 0.253 e. The molecule has 2 amide bonds. The maximum absolute atomic E-state index is 13.0. The lowest BCUT2D eigenvalue weighted by atomic mass is 9.98. The van der Waals surface area contributed by atoms with Crippen molar-refractivity contribution in [2.24, 2.45) is 0 Å². The number of nitrogens with zero attached hydrogens (tertiary/aromatic N) is 1. The first kappa shape index (κ1) is 22.1. The molecular formula is C23H28ClN3O3. The maximum Gasteiger partial charge on any atom is 0.253 e. The summed E-state index contributed by atoms with van der Waals surface area (Å²) in [5.74, 6) is -0.606. The van der Waals surface area contributed by atoms with Crippen molar-refractivity contribution in [2.75, 3.05) is 42.4 Å². The van der Waals surface area contributed by atoms with E-state index in [1.807, 2.05) is 25.1 Å². The van der Waals surface area contributed by atoms with Crippen LogP contribution in [0.1, 0.15) is 34.8 Å². The number of hydrogen-bond acceptors (Lipinski definition) is 4. The van der Waals surface area contributed by atoms with Crippen LogP contribution in [-0.2, 0) is 22.5 Å². The van der Waals surface area contributed by atoms with E-state index in [2.05, 4.69) is 33.7 Å². The first-order valence-electron chi connectivity index (χ1n) is 10.3. The molecule has 2 aromatic carbocycles. The number of anilines is 2. The minimum Gasteiger partial charge on any atom is -0.382 e. The quantitative estimate of drug-likeness (QED) is 0.472. The molecule has 2 aromatic rings. The van der Waals surface area contributed by atoms with Crippen LogP contribution in [0.5, 0.6) is 0 Å². The van der Waals surface area contributed by atoms with E-state index in [9.17, 15) is 9.59 Å². The average Bonchev–Trinajstić information content (AvgIpc) is 2.78. The third kappa shape index (κ3) is 5.74. The number of rotatable bonds is 9. The number of alkyl halides is 1. The van der Waals surface area contributed by atoms with E-state index in [1.165, 1.54) is 11.1 Å². The van der Waals surface area contributed by atoms with E-state index in [4.69, 9.17) is 16.3 Å². The summed E-state index contributed by atoms with van der Waals surface area (Å²) in [4.78, 5) is 26.9. The number of nitrogens with one attached hydrogen (secondary N) is 2. The second-order valence-corrected chi connectivity index (χ2v) is 7.43. The van der Waals surface area contributed by atoms with E-state index in [-0.39, 0.29) is 17.7 Å². The summed E-state index contributed by atoms with van der Waals surface area (Å²) in [5.41, 5.74) is 4.57. The van der Waals surface area contributed by atoms with Gasteiger partial charge < -0.3 is 20.3 Å². The number of ether oxygens (including phenoxy) is 1. The molecule has 0 spiro atoms. The molecule has 1 aliphatic rings. The Kier molecular flexibility index (Phi) is 8.11. The molecule has 3 rings (SSSR count). The largest absolute Gasteiger partial charge is 0.382 e. The van der Waals surface area contributed by atoms with Gasteiger partial charge in [-0.3, -0.25) is 9.59 Å². The lowest BCUT2D eigenvalue weighted by molar-refractivity contribution is -0.113. The third-order valence-corrected chi connectivity index (χ3v) is 5.32. The molecule has 6 nitrogen and oxygen atoms in total. The lowest BCUT2D eigenvalue weighted by Crippen LogP contribution is -2.33. The molecule has 0 atom stereocenters. The Labute approximate surface area is 182 Å². The molecule has 160 valence electrons. The average molecular weight is 430 g/mol. The van der Waals surface area contributed by atoms with E-state index in [0.29, 0.717) is 31.0 Å². The number of fused-ring (bicyclic) bond motifs is 1. The van der Waals surface area contributed by atoms with Gasteiger partial charge >= 0.3 is 0 Å². The van der Waals surface area contributed by atoms with E-state index in [1.54, 1.807) is 6.07 Å². The second-order valence-electron chi connectivity index (χ2n) is 7.16. The van der Waals surface area contributed by atoms with Gasteiger partial charge in [-0.05, 0) is 49.1 Å². The van der Waals surface area contributed by atoms with Crippen molar-refractivity contribution in [1.82, 2.24) is 5.32 Å². The number of halogens is 1. The zero-order chi connectivity index (χ0) is 21.3. The van der Waals surface area contributed by atoms with Gasteiger partial charge in [-0.15, -0.1) is 11.6 Å². The minimum absolute atomic E-state index is 0.135. The van der Waals surface area contributed by atoms with Crippen molar-refractivity contribution in [3.8, 4) is 0 Å². The van der Waals surface area contributed by atoms with Crippen LogP contribution in [-0.4, -0.2) is 44.0 Å². The highest BCUT2D eigenvalue weighted by molar-refractivity contribution is 6.29. The first-order chi connectivity index (χ1) is 14.6. The summed E-state index contributed by atoms with van der Waals surface area (Å²) in [5, 5.41) is 5.69. The summed E-state index contributed by atoms with van der Waals surface area (Å²) in [6.45, 7) is 5.32. The van der Waals surface area contributed by atoms with Gasteiger partial charge in [0.05, 0.1) is 5.56 Å². The van der Waals surface area contributed by atoms with Gasteiger partial charge in [-0.1, -0.05) is 24.3 Å². The first-order valence-corrected chi connectivity index (χ1v) is 10.8. The molecule has 1 heterocycles. The van der Waals surface area contributed by atoms with Gasteiger partial charge in [-0.25, -0.2) is 0 Å². The Morgan fingerprint density at radius 2 is 1.97 bits per heavy atom. The van der Waals surface area contributed by atoms with Crippen LogP contribution in [0.2, 0.25) is 0 Å². The predicted octanol–water partition coefficient (Wildman–Crippen LogP) is 3.58. The summed E-state index contributed by atoms with van der Waals surface area (Å²) in [6.07, 6.45) is 1.67. The van der Waals surface area contributed by atoms with Crippen LogP contribution in [0.15, 0.2) is 42.5 Å². The summed E-state index contributed by atoms with van der Waals surface area (Å²) >= 11 is 5.60. The fourth-order valence-corrected chi connectivity index (χ4v) is 3.65. The molecule has 0 aromatic heterocycles. The van der Waals surface area contributed by atoms with Crippen LogP contribution >= 0.6 is 11.6 Å². The number of benzene rings is 2. The molecule has 2 N–H and O–H groups in total. The molecule has 0 radical (unpaired) electrons. The summed E-state index contributed by atoms with van der Waals surface area (Å²) in [7, 11) is 0. The topological polar surface area (TPSA) is 70.7 Å². The second kappa shape index (κ2) is 11.0. The van der Waals surface area contributed by atoms with Crippen LogP contribution in [0.3, 0.4) is 0 Å². The van der Waals surface area contributed by atoms with Crippen molar-refractivity contribution >= 4 is 34.8 Å². The minimum atomic E-state index is -0.306. The predicted molar refractivity (Wildman–Crippen MR) is 120 cm³/mol. The van der Waals surface area contributed by atoms with Crippen LogP contribution in [0.4, 0.5) is 11.4 Å². The van der Waals surface area contributed by atoms with E-state index >= 15 is 0 Å². The molecule has 1 aliphatic heterocycles. The number of amides is 2. The van der Waals surface area contributed by atoms with Gasteiger partial charge in [0.2, 0.25) is 5.91 Å². The maximum atomic E-state index is 13.0. The summed E-state index contributed by atoms with van der Waals surface area (Å²) in [6, 6.07) is 13.8. The Balaban J connectivity index is 1.80. The van der Waals surface area contributed by atoms with Gasteiger partial charge in [0.1, 0.15) is 5.88 Å². The van der Waals surface area contributed by atoms with Gasteiger partial charge in [0, 0.05) is 44.2 Å². The molecular weight excluding hydrogens is 402 g/mol. The molecule has 0 saturated heterocycles. The Bertz CT molecular complexity index is 888. The van der Waals surface area contributed by atoms with Crippen molar-refractivity contribution < 1.29 is 14.3 Å². The Morgan fingerprint density at radius 1 is 1.17 bits per heavy atom. The van der Waals surface area contributed by atoms with Gasteiger partial charge in [0.25, 0.3) is 5.91 Å². The fraction of sp³-hybridized carbons (Fsp3) is 0.391. The van der Waals surface area contributed by atoms with E-state index < -0.39 is 0 Å². The van der Waals surface area contributed by atoms with Crippen LogP contribution in [0, 0.1) is 0 Å². The van der Waals surface area contributed by atoms with Crippen molar-refractivity contribution in [1.29, 1.82) is 0 Å². The molecule has 0 saturated carbocycles.